The lowest BCUT2D eigenvalue weighted by Crippen LogP contribution is -2.41. The van der Waals surface area contributed by atoms with Crippen LogP contribution in [0.15, 0.2) is 30.5 Å². The molecular weight excluding hydrogens is 424 g/mol. The number of terminal acetylenes is 1. The Morgan fingerprint density at radius 3 is 2.55 bits per heavy atom. The van der Waals surface area contributed by atoms with Crippen molar-refractivity contribution in [1.29, 1.82) is 0 Å². The van der Waals surface area contributed by atoms with Crippen molar-refractivity contribution in [3.05, 3.63) is 47.3 Å². The summed E-state index contributed by atoms with van der Waals surface area (Å²) >= 11 is 0. The van der Waals surface area contributed by atoms with Gasteiger partial charge in [-0.05, 0) is 30.5 Å². The molecule has 33 heavy (non-hydrogen) atoms. The molecule has 1 amide bonds. The number of carboxylic acid groups (broad SMARTS) is 1. The quantitative estimate of drug-likeness (QED) is 0.231. The largest absolute Gasteiger partial charge is 0.481 e. The second-order valence-corrected chi connectivity index (χ2v) is 7.44. The summed E-state index contributed by atoms with van der Waals surface area (Å²) in [5, 5.41) is 11.3. The zero-order chi connectivity index (χ0) is 24.0. The van der Waals surface area contributed by atoms with Gasteiger partial charge in [0.25, 0.3) is 5.91 Å². The van der Waals surface area contributed by atoms with Gasteiger partial charge in [-0.1, -0.05) is 12.1 Å². The van der Waals surface area contributed by atoms with Gasteiger partial charge in [0.05, 0.1) is 18.1 Å². The molecule has 0 saturated carbocycles. The first kappa shape index (κ1) is 23.4. The second-order valence-electron chi connectivity index (χ2n) is 7.44. The highest BCUT2D eigenvalue weighted by Crippen LogP contribution is 2.25. The highest BCUT2D eigenvalue weighted by Gasteiger charge is 2.16. The molecule has 3 rings (SSSR count). The average Bonchev–Trinajstić information content (AvgIpc) is 2.78. The van der Waals surface area contributed by atoms with E-state index in [2.05, 4.69) is 31.2 Å². The van der Waals surface area contributed by atoms with Gasteiger partial charge in [-0.15, -0.1) is 12.3 Å². The van der Waals surface area contributed by atoms with Crippen molar-refractivity contribution in [1.82, 2.24) is 25.3 Å². The molecule has 170 valence electrons. The molecule has 0 saturated heterocycles. The summed E-state index contributed by atoms with van der Waals surface area (Å²) in [5.41, 5.74) is 19.9. The smallest absolute Gasteiger partial charge is 0.303 e. The van der Waals surface area contributed by atoms with Crippen LogP contribution in [0.1, 0.15) is 46.8 Å². The second kappa shape index (κ2) is 10.3. The molecule has 11 heteroatoms. The van der Waals surface area contributed by atoms with Gasteiger partial charge in [-0.25, -0.2) is 9.97 Å². The predicted molar refractivity (Wildman–Crippen MR) is 123 cm³/mol. The molecule has 1 unspecified atom stereocenters. The van der Waals surface area contributed by atoms with Crippen LogP contribution in [0.5, 0.6) is 0 Å². The van der Waals surface area contributed by atoms with Crippen LogP contribution < -0.4 is 22.5 Å². The van der Waals surface area contributed by atoms with E-state index < -0.39 is 12.1 Å². The molecule has 3 aromatic rings. The summed E-state index contributed by atoms with van der Waals surface area (Å²) in [5.74, 6) is 1.41. The first-order valence-electron chi connectivity index (χ1n) is 10.1. The molecule has 0 bridgehead atoms. The van der Waals surface area contributed by atoms with Crippen LogP contribution >= 0.6 is 0 Å². The van der Waals surface area contributed by atoms with Crippen molar-refractivity contribution >= 4 is 34.8 Å². The first-order valence-corrected chi connectivity index (χ1v) is 10.1. The van der Waals surface area contributed by atoms with E-state index in [4.69, 9.17) is 28.7 Å². The monoisotopic (exact) mass is 448 g/mol. The summed E-state index contributed by atoms with van der Waals surface area (Å²) in [4.78, 5) is 39.7. The fourth-order valence-corrected chi connectivity index (χ4v) is 3.29. The van der Waals surface area contributed by atoms with Crippen molar-refractivity contribution < 1.29 is 14.7 Å². The van der Waals surface area contributed by atoms with Crippen LogP contribution in [0.25, 0.3) is 11.2 Å². The Hall–Kier alpha value is -4.30. The SMILES string of the molecule is C#CCC(Cc1cnc2nc(N)nc(N)c2n1)c1ccc(C(=O)N[C@H](N)CCC(=O)O)cc1. The fourth-order valence-electron chi connectivity index (χ4n) is 3.29. The lowest BCUT2D eigenvalue weighted by atomic mass is 9.91. The molecule has 1 aromatic carbocycles. The van der Waals surface area contributed by atoms with Gasteiger partial charge in [-0.2, -0.15) is 9.97 Å². The van der Waals surface area contributed by atoms with Gasteiger partial charge in [0.2, 0.25) is 5.95 Å². The van der Waals surface area contributed by atoms with Crippen LogP contribution in [0.2, 0.25) is 0 Å². The fraction of sp³-hybridized carbons (Fsp3) is 0.273. The standard InChI is InChI=1S/C22H24N8O3/c1-2-3-14(10-15-11-26-20-18(27-15)19(24)29-22(25)30-20)12-4-6-13(7-5-12)21(33)28-16(23)8-9-17(31)32/h1,4-7,11,14,16H,3,8-10,23H2,(H,28,33)(H,31,32)(H4,24,25,26,29,30)/t14?,16-/m0/s1. The number of fused-ring (bicyclic) bond motifs is 1. The molecule has 0 radical (unpaired) electrons. The van der Waals surface area contributed by atoms with E-state index in [-0.39, 0.29) is 36.4 Å². The minimum absolute atomic E-state index is 0.0271. The summed E-state index contributed by atoms with van der Waals surface area (Å²) in [7, 11) is 0. The van der Waals surface area contributed by atoms with Crippen LogP contribution in [0.3, 0.4) is 0 Å². The Morgan fingerprint density at radius 2 is 1.88 bits per heavy atom. The maximum Gasteiger partial charge on any atom is 0.303 e. The number of aromatic nitrogens is 4. The average molecular weight is 448 g/mol. The molecule has 2 atom stereocenters. The van der Waals surface area contributed by atoms with Gasteiger partial charge >= 0.3 is 5.97 Å². The minimum atomic E-state index is -0.973. The number of rotatable bonds is 9. The minimum Gasteiger partial charge on any atom is -0.481 e. The topological polar surface area (TPSA) is 196 Å². The number of hydrogen-bond acceptors (Lipinski definition) is 9. The molecule has 0 aliphatic carbocycles. The molecular formula is C22H24N8O3. The summed E-state index contributed by atoms with van der Waals surface area (Å²) in [6, 6.07) is 6.95. The molecule has 0 spiro atoms. The van der Waals surface area contributed by atoms with E-state index in [9.17, 15) is 9.59 Å². The van der Waals surface area contributed by atoms with Crippen LogP contribution in [-0.2, 0) is 11.2 Å². The number of aliphatic carboxylic acids is 1. The molecule has 0 aliphatic heterocycles. The van der Waals surface area contributed by atoms with Crippen LogP contribution in [0.4, 0.5) is 11.8 Å². The predicted octanol–water partition coefficient (Wildman–Crippen LogP) is 0.813. The van der Waals surface area contributed by atoms with Crippen molar-refractivity contribution in [2.45, 2.75) is 37.8 Å². The van der Waals surface area contributed by atoms with Crippen LogP contribution in [0, 0.1) is 12.3 Å². The number of carbonyl (C=O) groups is 2. The number of nitrogens with one attached hydrogen (secondary N) is 1. The Kier molecular flexibility index (Phi) is 7.32. The van der Waals surface area contributed by atoms with E-state index in [1.807, 2.05) is 12.1 Å². The number of carbonyl (C=O) groups excluding carboxylic acids is 1. The van der Waals surface area contributed by atoms with E-state index in [1.54, 1.807) is 18.3 Å². The third-order valence-electron chi connectivity index (χ3n) is 4.95. The number of nitrogen functional groups attached to an aromatic ring is 2. The number of amides is 1. The summed E-state index contributed by atoms with van der Waals surface area (Å²) in [6.45, 7) is 0. The third kappa shape index (κ3) is 6.11. The molecule has 8 N–H and O–H groups in total. The van der Waals surface area contributed by atoms with Crippen molar-refractivity contribution in [2.24, 2.45) is 5.73 Å². The van der Waals surface area contributed by atoms with E-state index in [0.29, 0.717) is 35.3 Å². The van der Waals surface area contributed by atoms with E-state index in [1.165, 1.54) is 0 Å². The van der Waals surface area contributed by atoms with Crippen molar-refractivity contribution in [3.8, 4) is 12.3 Å². The lowest BCUT2D eigenvalue weighted by Gasteiger charge is -2.16. The Balaban J connectivity index is 1.73. The maximum atomic E-state index is 12.4. The van der Waals surface area contributed by atoms with E-state index in [0.717, 1.165) is 5.56 Å². The first-order chi connectivity index (χ1) is 15.8. The van der Waals surface area contributed by atoms with E-state index >= 15 is 0 Å². The molecule has 11 nitrogen and oxygen atoms in total. The van der Waals surface area contributed by atoms with Gasteiger partial charge in [0.1, 0.15) is 0 Å². The zero-order valence-electron chi connectivity index (χ0n) is 17.7. The summed E-state index contributed by atoms with van der Waals surface area (Å²) < 4.78 is 0. The Bertz CT molecular complexity index is 1210. The Morgan fingerprint density at radius 1 is 1.15 bits per heavy atom. The highest BCUT2D eigenvalue weighted by atomic mass is 16.4. The van der Waals surface area contributed by atoms with Gasteiger partial charge < -0.3 is 27.6 Å². The van der Waals surface area contributed by atoms with Gasteiger partial charge in [0.15, 0.2) is 17.0 Å². The van der Waals surface area contributed by atoms with Crippen molar-refractivity contribution in [3.63, 3.8) is 0 Å². The normalized spacial score (nSPS) is 12.6. The lowest BCUT2D eigenvalue weighted by molar-refractivity contribution is -0.137. The highest BCUT2D eigenvalue weighted by molar-refractivity contribution is 5.94. The Labute approximate surface area is 189 Å². The molecule has 0 aliphatic rings. The zero-order valence-corrected chi connectivity index (χ0v) is 17.7. The van der Waals surface area contributed by atoms with Crippen LogP contribution in [-0.4, -0.2) is 43.1 Å². The molecule has 2 aromatic heterocycles. The number of benzene rings is 1. The van der Waals surface area contributed by atoms with Crippen molar-refractivity contribution in [2.75, 3.05) is 11.5 Å². The maximum absolute atomic E-state index is 12.4. The number of nitrogens with zero attached hydrogens (tertiary/aromatic N) is 4. The number of nitrogens with two attached hydrogens (primary N) is 3. The third-order valence-corrected chi connectivity index (χ3v) is 4.95. The number of hydrogen-bond donors (Lipinski definition) is 5. The van der Waals surface area contributed by atoms with Gasteiger partial charge in [-0.3, -0.25) is 9.59 Å². The summed E-state index contributed by atoms with van der Waals surface area (Å²) in [6.07, 6.45) is 7.36. The molecule has 2 heterocycles. The molecule has 0 fully saturated rings. The number of carboxylic acids is 1. The van der Waals surface area contributed by atoms with Gasteiger partial charge in [0, 0.05) is 24.3 Å². The number of anilines is 2.